The Morgan fingerprint density at radius 1 is 1.37 bits per heavy atom. The molecule has 4 N–H and O–H groups in total. The summed E-state index contributed by atoms with van der Waals surface area (Å²) in [7, 11) is 0. The van der Waals surface area contributed by atoms with E-state index in [1.54, 1.807) is 6.07 Å². The molecule has 1 aliphatic rings. The van der Waals surface area contributed by atoms with Gasteiger partial charge in [0.25, 0.3) is 5.91 Å². The maximum atomic E-state index is 13.6. The number of piperazine rings is 1. The lowest BCUT2D eigenvalue weighted by molar-refractivity contribution is 0.0998. The minimum atomic E-state index is -0.804. The highest BCUT2D eigenvalue weighted by Crippen LogP contribution is 2.23. The standard InChI is InChI=1S/C12H14FN5O/c13-7-1-2-8-10(9(7)11(14)19)17-12(16-8)18-5-3-15-4-6-18/h1-2,15H,3-6H2,(H2,14,19)(H,16,17). The van der Waals surface area contributed by atoms with Crippen LogP contribution in [0.5, 0.6) is 0 Å². The number of hydrogen-bond acceptors (Lipinski definition) is 4. The van der Waals surface area contributed by atoms with Gasteiger partial charge in [-0.05, 0) is 12.1 Å². The Morgan fingerprint density at radius 3 is 2.79 bits per heavy atom. The van der Waals surface area contributed by atoms with E-state index in [0.717, 1.165) is 26.2 Å². The van der Waals surface area contributed by atoms with Gasteiger partial charge in [0, 0.05) is 26.2 Å². The maximum Gasteiger partial charge on any atom is 0.253 e. The molecule has 0 saturated carbocycles. The van der Waals surface area contributed by atoms with Crippen molar-refractivity contribution in [1.29, 1.82) is 0 Å². The number of halogens is 1. The first-order valence-corrected chi connectivity index (χ1v) is 6.10. The van der Waals surface area contributed by atoms with Crippen molar-refractivity contribution in [2.24, 2.45) is 5.73 Å². The molecular formula is C12H14FN5O. The quantitative estimate of drug-likeness (QED) is 0.723. The number of aromatic nitrogens is 2. The summed E-state index contributed by atoms with van der Waals surface area (Å²) in [5, 5.41) is 3.24. The highest BCUT2D eigenvalue weighted by Gasteiger charge is 2.19. The topological polar surface area (TPSA) is 87.0 Å². The van der Waals surface area contributed by atoms with Crippen molar-refractivity contribution in [2.75, 3.05) is 31.1 Å². The van der Waals surface area contributed by atoms with Crippen LogP contribution >= 0.6 is 0 Å². The number of anilines is 1. The third kappa shape index (κ3) is 2.01. The molecule has 7 heteroatoms. The van der Waals surface area contributed by atoms with Crippen LogP contribution in [0.4, 0.5) is 10.3 Å². The Kier molecular flexibility index (Phi) is 2.83. The number of nitrogens with one attached hydrogen (secondary N) is 2. The number of carbonyl (C=O) groups excluding carboxylic acids is 1. The maximum absolute atomic E-state index is 13.6. The van der Waals surface area contributed by atoms with Gasteiger partial charge >= 0.3 is 0 Å². The number of benzene rings is 1. The molecule has 0 bridgehead atoms. The molecule has 1 fully saturated rings. The van der Waals surface area contributed by atoms with Gasteiger partial charge in [-0.2, -0.15) is 0 Å². The van der Waals surface area contributed by atoms with E-state index in [-0.39, 0.29) is 5.56 Å². The molecule has 2 heterocycles. The molecule has 1 aromatic heterocycles. The normalized spacial score (nSPS) is 15.9. The summed E-state index contributed by atoms with van der Waals surface area (Å²) in [6.45, 7) is 3.37. The zero-order chi connectivity index (χ0) is 13.4. The van der Waals surface area contributed by atoms with Crippen LogP contribution in [0, 0.1) is 5.82 Å². The van der Waals surface area contributed by atoms with Crippen LogP contribution in [0.15, 0.2) is 12.1 Å². The number of nitrogens with two attached hydrogens (primary N) is 1. The smallest absolute Gasteiger partial charge is 0.253 e. The largest absolute Gasteiger partial charge is 0.365 e. The number of fused-ring (bicyclic) bond motifs is 1. The summed E-state index contributed by atoms with van der Waals surface area (Å²) < 4.78 is 13.6. The lowest BCUT2D eigenvalue weighted by Crippen LogP contribution is -2.44. The molecule has 1 aliphatic heterocycles. The summed E-state index contributed by atoms with van der Waals surface area (Å²) in [5.41, 5.74) is 5.96. The second kappa shape index (κ2) is 4.51. The molecule has 1 amide bonds. The third-order valence-corrected chi connectivity index (χ3v) is 3.25. The first-order chi connectivity index (χ1) is 9.16. The fourth-order valence-corrected chi connectivity index (χ4v) is 2.30. The van der Waals surface area contributed by atoms with E-state index in [2.05, 4.69) is 20.2 Å². The van der Waals surface area contributed by atoms with Crippen molar-refractivity contribution < 1.29 is 9.18 Å². The summed E-state index contributed by atoms with van der Waals surface area (Å²) in [6, 6.07) is 2.79. The number of primary amides is 1. The van der Waals surface area contributed by atoms with Crippen molar-refractivity contribution in [3.05, 3.63) is 23.5 Å². The van der Waals surface area contributed by atoms with Crippen molar-refractivity contribution in [1.82, 2.24) is 15.3 Å². The number of imidazole rings is 1. The van der Waals surface area contributed by atoms with E-state index in [1.165, 1.54) is 6.07 Å². The minimum absolute atomic E-state index is 0.157. The molecule has 0 spiro atoms. The SMILES string of the molecule is NC(=O)c1c(F)ccc2[nH]c(N3CCNCC3)nc12. The molecule has 0 aliphatic carbocycles. The van der Waals surface area contributed by atoms with Gasteiger partial charge in [-0.15, -0.1) is 0 Å². The van der Waals surface area contributed by atoms with Gasteiger partial charge in [0.05, 0.1) is 5.52 Å². The minimum Gasteiger partial charge on any atom is -0.365 e. The van der Waals surface area contributed by atoms with Crippen LogP contribution in [0.25, 0.3) is 11.0 Å². The van der Waals surface area contributed by atoms with E-state index in [0.29, 0.717) is 17.0 Å². The summed E-state index contributed by atoms with van der Waals surface area (Å²) in [5.74, 6) is -0.801. The van der Waals surface area contributed by atoms with Crippen LogP contribution in [-0.2, 0) is 0 Å². The van der Waals surface area contributed by atoms with Gasteiger partial charge < -0.3 is 20.9 Å². The van der Waals surface area contributed by atoms with E-state index in [1.807, 2.05) is 0 Å². The number of hydrogen-bond donors (Lipinski definition) is 3. The van der Waals surface area contributed by atoms with E-state index >= 15 is 0 Å². The Hall–Kier alpha value is -2.15. The summed E-state index contributed by atoms with van der Waals surface area (Å²) in [6.07, 6.45) is 0. The lowest BCUT2D eigenvalue weighted by atomic mass is 10.1. The second-order valence-corrected chi connectivity index (χ2v) is 4.48. The average Bonchev–Trinajstić information content (AvgIpc) is 2.83. The first-order valence-electron chi connectivity index (χ1n) is 6.10. The van der Waals surface area contributed by atoms with Crippen molar-refractivity contribution >= 4 is 22.9 Å². The van der Waals surface area contributed by atoms with Crippen LogP contribution < -0.4 is 16.0 Å². The lowest BCUT2D eigenvalue weighted by Gasteiger charge is -2.26. The zero-order valence-corrected chi connectivity index (χ0v) is 10.2. The number of rotatable bonds is 2. The van der Waals surface area contributed by atoms with E-state index in [9.17, 15) is 9.18 Å². The predicted molar refractivity (Wildman–Crippen MR) is 69.7 cm³/mol. The van der Waals surface area contributed by atoms with Gasteiger partial charge in [-0.1, -0.05) is 0 Å². The van der Waals surface area contributed by atoms with Gasteiger partial charge in [0.2, 0.25) is 5.95 Å². The van der Waals surface area contributed by atoms with E-state index in [4.69, 9.17) is 5.73 Å². The Balaban J connectivity index is 2.09. The second-order valence-electron chi connectivity index (χ2n) is 4.48. The first kappa shape index (κ1) is 11.9. The number of carbonyl (C=O) groups is 1. The molecule has 19 heavy (non-hydrogen) atoms. The molecule has 3 rings (SSSR count). The van der Waals surface area contributed by atoms with Crippen molar-refractivity contribution in [3.8, 4) is 0 Å². The van der Waals surface area contributed by atoms with Crippen molar-refractivity contribution in [2.45, 2.75) is 0 Å². The number of nitrogens with zero attached hydrogens (tertiary/aromatic N) is 2. The number of H-pyrrole nitrogens is 1. The van der Waals surface area contributed by atoms with Gasteiger partial charge in [0.1, 0.15) is 16.9 Å². The van der Waals surface area contributed by atoms with Crippen LogP contribution in [-0.4, -0.2) is 42.1 Å². The highest BCUT2D eigenvalue weighted by molar-refractivity contribution is 6.04. The molecule has 0 radical (unpaired) electrons. The molecule has 6 nitrogen and oxygen atoms in total. The molecule has 0 unspecified atom stereocenters. The van der Waals surface area contributed by atoms with Gasteiger partial charge in [0.15, 0.2) is 0 Å². The fourth-order valence-electron chi connectivity index (χ4n) is 2.30. The Labute approximate surface area is 108 Å². The Morgan fingerprint density at radius 2 is 2.11 bits per heavy atom. The fraction of sp³-hybridized carbons (Fsp3) is 0.333. The van der Waals surface area contributed by atoms with Crippen LogP contribution in [0.3, 0.4) is 0 Å². The summed E-state index contributed by atoms with van der Waals surface area (Å²) >= 11 is 0. The van der Waals surface area contributed by atoms with E-state index < -0.39 is 11.7 Å². The van der Waals surface area contributed by atoms with Gasteiger partial charge in [-0.25, -0.2) is 9.37 Å². The highest BCUT2D eigenvalue weighted by atomic mass is 19.1. The molecular weight excluding hydrogens is 249 g/mol. The summed E-state index contributed by atoms with van der Waals surface area (Å²) in [4.78, 5) is 20.8. The number of amides is 1. The van der Waals surface area contributed by atoms with Crippen molar-refractivity contribution in [3.63, 3.8) is 0 Å². The molecule has 2 aromatic rings. The van der Waals surface area contributed by atoms with Gasteiger partial charge in [-0.3, -0.25) is 4.79 Å². The Bertz CT molecular complexity index is 632. The third-order valence-electron chi connectivity index (χ3n) is 3.25. The predicted octanol–water partition coefficient (Wildman–Crippen LogP) is 0.210. The van der Waals surface area contributed by atoms with Crippen LogP contribution in [0.1, 0.15) is 10.4 Å². The molecule has 1 saturated heterocycles. The molecule has 0 atom stereocenters. The zero-order valence-electron chi connectivity index (χ0n) is 10.2. The molecule has 100 valence electrons. The molecule has 1 aromatic carbocycles. The monoisotopic (exact) mass is 263 g/mol. The average molecular weight is 263 g/mol. The van der Waals surface area contributed by atoms with Crippen LogP contribution in [0.2, 0.25) is 0 Å². The number of aromatic amines is 1.